The minimum Gasteiger partial charge on any atom is -0.388 e. The lowest BCUT2D eigenvalue weighted by Gasteiger charge is -2.39. The van der Waals surface area contributed by atoms with Crippen LogP contribution < -0.4 is 11.0 Å². The zero-order valence-electron chi connectivity index (χ0n) is 17.7. The molecule has 0 aliphatic carbocycles. The number of rotatable bonds is 5. The molecule has 31 heavy (non-hydrogen) atoms. The van der Waals surface area contributed by atoms with Gasteiger partial charge in [0.05, 0.1) is 29.4 Å². The number of carbonyl (C=O) groups is 1. The number of piperidine rings is 1. The second kappa shape index (κ2) is 8.67. The molecule has 3 aromatic rings. The van der Waals surface area contributed by atoms with Crippen LogP contribution in [-0.2, 0) is 17.8 Å². The first-order valence-electron chi connectivity index (χ1n) is 10.6. The number of carbonyl (C=O) groups excluding carboxylic acids is 1. The summed E-state index contributed by atoms with van der Waals surface area (Å²) in [6.07, 6.45) is 3.00. The lowest BCUT2D eigenvalue weighted by atomic mass is 9.90. The van der Waals surface area contributed by atoms with Crippen molar-refractivity contribution in [2.75, 3.05) is 13.1 Å². The Morgan fingerprint density at radius 2 is 1.90 bits per heavy atom. The Hall–Kier alpha value is -2.93. The largest absolute Gasteiger partial charge is 0.388 e. The van der Waals surface area contributed by atoms with Gasteiger partial charge in [-0.15, -0.1) is 0 Å². The maximum atomic E-state index is 12.9. The number of likely N-dealkylation sites (tertiary alicyclic amines) is 1. The second-order valence-corrected chi connectivity index (χ2v) is 8.59. The van der Waals surface area contributed by atoms with Gasteiger partial charge in [0.25, 0.3) is 5.56 Å². The minimum atomic E-state index is -1.05. The molecule has 1 aliphatic heterocycles. The number of aliphatic hydroxyl groups is 1. The molecule has 1 fully saturated rings. The van der Waals surface area contributed by atoms with Crippen LogP contribution in [0.15, 0.2) is 59.7 Å². The van der Waals surface area contributed by atoms with Gasteiger partial charge in [0, 0.05) is 19.0 Å². The molecule has 2 aromatic carbocycles. The molecule has 6 nitrogen and oxygen atoms in total. The van der Waals surface area contributed by atoms with Crippen LogP contribution in [0.4, 0.5) is 0 Å². The summed E-state index contributed by atoms with van der Waals surface area (Å²) < 4.78 is 1.45. The van der Waals surface area contributed by atoms with Gasteiger partial charge in [-0.2, -0.15) is 0 Å². The molecule has 0 unspecified atom stereocenters. The highest BCUT2D eigenvalue weighted by Crippen LogP contribution is 2.25. The van der Waals surface area contributed by atoms with E-state index in [1.54, 1.807) is 18.2 Å². The van der Waals surface area contributed by atoms with Gasteiger partial charge in [0.2, 0.25) is 5.91 Å². The maximum absolute atomic E-state index is 12.9. The second-order valence-electron chi connectivity index (χ2n) is 8.59. The predicted molar refractivity (Wildman–Crippen MR) is 121 cm³/mol. The third-order valence-corrected chi connectivity index (χ3v) is 6.13. The van der Waals surface area contributed by atoms with Crippen LogP contribution >= 0.6 is 0 Å². The Labute approximate surface area is 182 Å². The zero-order chi connectivity index (χ0) is 22.0. The highest BCUT2D eigenvalue weighted by Gasteiger charge is 2.35. The first-order chi connectivity index (χ1) is 14.8. The standard InChI is InChI=1S/C24H26BN3O3/c1-17(13-18-5-3-2-4-6-18)22(29)27-11-9-24(31,10-12-27)15-28-16-26-21-14-19(25)7-8-20(21)23(28)30/h2-8,14,16-17,31H,9-13,15H2,1H3/t17-/m1/s1. The Kier molecular flexibility index (Phi) is 5.96. The fourth-order valence-corrected chi connectivity index (χ4v) is 4.27. The van der Waals surface area contributed by atoms with E-state index in [4.69, 9.17) is 7.85 Å². The zero-order valence-corrected chi connectivity index (χ0v) is 17.7. The van der Waals surface area contributed by atoms with Crippen LogP contribution in [-0.4, -0.2) is 52.0 Å². The van der Waals surface area contributed by atoms with Crippen molar-refractivity contribution in [3.8, 4) is 0 Å². The molecule has 0 saturated carbocycles. The molecule has 1 saturated heterocycles. The molecule has 7 heteroatoms. The predicted octanol–water partition coefficient (Wildman–Crippen LogP) is 1.42. The van der Waals surface area contributed by atoms with Crippen molar-refractivity contribution in [1.29, 1.82) is 0 Å². The van der Waals surface area contributed by atoms with Crippen LogP contribution in [0, 0.1) is 5.92 Å². The fourth-order valence-electron chi connectivity index (χ4n) is 4.27. The quantitative estimate of drug-likeness (QED) is 0.640. The van der Waals surface area contributed by atoms with E-state index in [2.05, 4.69) is 4.98 Å². The van der Waals surface area contributed by atoms with Gasteiger partial charge in [0.1, 0.15) is 7.85 Å². The lowest BCUT2D eigenvalue weighted by Crippen LogP contribution is -2.50. The molecule has 1 atom stereocenters. The van der Waals surface area contributed by atoms with Crippen molar-refractivity contribution in [1.82, 2.24) is 14.5 Å². The summed E-state index contributed by atoms with van der Waals surface area (Å²) in [6.45, 7) is 3.05. The summed E-state index contributed by atoms with van der Waals surface area (Å²) in [5, 5.41) is 11.6. The smallest absolute Gasteiger partial charge is 0.261 e. The third kappa shape index (κ3) is 4.72. The maximum Gasteiger partial charge on any atom is 0.261 e. The molecule has 1 N–H and O–H groups in total. The molecule has 1 aromatic heterocycles. The van der Waals surface area contributed by atoms with Crippen molar-refractivity contribution < 1.29 is 9.90 Å². The highest BCUT2D eigenvalue weighted by molar-refractivity contribution is 6.33. The molecule has 1 aliphatic rings. The van der Waals surface area contributed by atoms with E-state index in [9.17, 15) is 14.7 Å². The summed E-state index contributed by atoms with van der Waals surface area (Å²) in [6, 6.07) is 15.0. The van der Waals surface area contributed by atoms with Crippen LogP contribution in [0.1, 0.15) is 25.3 Å². The van der Waals surface area contributed by atoms with Crippen molar-refractivity contribution in [2.45, 2.75) is 38.3 Å². The van der Waals surface area contributed by atoms with Gasteiger partial charge in [-0.25, -0.2) is 4.98 Å². The third-order valence-electron chi connectivity index (χ3n) is 6.13. The Morgan fingerprint density at radius 3 is 2.61 bits per heavy atom. The SMILES string of the molecule is [B]c1ccc2c(=O)n(CC3(O)CCN(C(=O)[C@H](C)Cc4ccccc4)CC3)cnc2c1. The monoisotopic (exact) mass is 415 g/mol. The molecule has 4 rings (SSSR count). The summed E-state index contributed by atoms with van der Waals surface area (Å²) in [5.41, 5.74) is 0.984. The van der Waals surface area contributed by atoms with Crippen molar-refractivity contribution in [3.63, 3.8) is 0 Å². The molecule has 0 spiro atoms. The van der Waals surface area contributed by atoms with Crippen molar-refractivity contribution in [2.24, 2.45) is 5.92 Å². The molecular formula is C24H26BN3O3. The fraction of sp³-hybridized carbons (Fsp3) is 0.375. The van der Waals surface area contributed by atoms with Gasteiger partial charge >= 0.3 is 0 Å². The van der Waals surface area contributed by atoms with E-state index >= 15 is 0 Å². The Bertz CT molecular complexity index is 1140. The average Bonchev–Trinajstić information content (AvgIpc) is 2.76. The number of nitrogens with zero attached hydrogens (tertiary/aromatic N) is 3. The van der Waals surface area contributed by atoms with E-state index in [0.717, 1.165) is 5.56 Å². The number of aromatic nitrogens is 2. The minimum absolute atomic E-state index is 0.105. The molecule has 1 amide bonds. The summed E-state index contributed by atoms with van der Waals surface area (Å²) in [4.78, 5) is 31.8. The summed E-state index contributed by atoms with van der Waals surface area (Å²) >= 11 is 0. The number of fused-ring (bicyclic) bond motifs is 1. The van der Waals surface area contributed by atoms with Crippen LogP contribution in [0.5, 0.6) is 0 Å². The number of hydrogen-bond acceptors (Lipinski definition) is 4. The average molecular weight is 415 g/mol. The Morgan fingerprint density at radius 1 is 1.19 bits per heavy atom. The molecule has 158 valence electrons. The highest BCUT2D eigenvalue weighted by atomic mass is 16.3. The molecule has 2 heterocycles. The first-order valence-corrected chi connectivity index (χ1v) is 10.6. The van der Waals surface area contributed by atoms with Crippen LogP contribution in [0.3, 0.4) is 0 Å². The van der Waals surface area contributed by atoms with Gasteiger partial charge in [-0.3, -0.25) is 14.2 Å². The number of hydrogen-bond donors (Lipinski definition) is 1. The van der Waals surface area contributed by atoms with E-state index < -0.39 is 5.60 Å². The van der Waals surface area contributed by atoms with Crippen LogP contribution in [0.25, 0.3) is 10.9 Å². The van der Waals surface area contributed by atoms with Gasteiger partial charge in [-0.1, -0.05) is 48.8 Å². The van der Waals surface area contributed by atoms with Gasteiger partial charge < -0.3 is 10.0 Å². The van der Waals surface area contributed by atoms with Crippen LogP contribution in [0.2, 0.25) is 0 Å². The van der Waals surface area contributed by atoms with E-state index in [0.29, 0.717) is 48.7 Å². The van der Waals surface area contributed by atoms with E-state index in [1.807, 2.05) is 42.2 Å². The van der Waals surface area contributed by atoms with Crippen molar-refractivity contribution >= 4 is 30.1 Å². The number of amides is 1. The van der Waals surface area contributed by atoms with E-state index in [-0.39, 0.29) is 23.9 Å². The number of benzene rings is 2. The summed E-state index contributed by atoms with van der Waals surface area (Å²) in [7, 11) is 5.76. The van der Waals surface area contributed by atoms with Crippen molar-refractivity contribution in [3.05, 3.63) is 70.8 Å². The lowest BCUT2D eigenvalue weighted by molar-refractivity contribution is -0.139. The van der Waals surface area contributed by atoms with Gasteiger partial charge in [-0.05, 0) is 37.0 Å². The molecular weight excluding hydrogens is 389 g/mol. The topological polar surface area (TPSA) is 75.4 Å². The first kappa shape index (κ1) is 21.3. The Balaban J connectivity index is 1.40. The molecule has 0 bridgehead atoms. The van der Waals surface area contributed by atoms with E-state index in [1.165, 1.54) is 10.9 Å². The van der Waals surface area contributed by atoms with Gasteiger partial charge in [0.15, 0.2) is 0 Å². The normalized spacial score (nSPS) is 16.9. The molecule has 2 radical (unpaired) electrons. The summed E-state index contributed by atoms with van der Waals surface area (Å²) in [5.74, 6) is -0.0126.